The summed E-state index contributed by atoms with van der Waals surface area (Å²) in [4.78, 5) is 21.0. The molecule has 0 N–H and O–H groups in total. The molecule has 3 aliphatic heterocycles. The van der Waals surface area contributed by atoms with E-state index in [0.29, 0.717) is 13.0 Å². The third kappa shape index (κ3) is 4.86. The lowest BCUT2D eigenvalue weighted by molar-refractivity contribution is -0.153. The summed E-state index contributed by atoms with van der Waals surface area (Å²) in [5.41, 5.74) is 4.98. The summed E-state index contributed by atoms with van der Waals surface area (Å²) in [5, 5.41) is 0. The van der Waals surface area contributed by atoms with Crippen LogP contribution in [0.1, 0.15) is 35.1 Å². The number of piperazine rings is 1. The van der Waals surface area contributed by atoms with E-state index in [1.807, 2.05) is 0 Å². The molecule has 2 aromatic rings. The van der Waals surface area contributed by atoms with Crippen LogP contribution in [0.15, 0.2) is 48.5 Å². The Kier molecular flexibility index (Phi) is 6.81. The number of likely N-dealkylation sites (tertiary alicyclic amines) is 1. The van der Waals surface area contributed by atoms with Crippen molar-refractivity contribution in [2.45, 2.75) is 57.8 Å². The van der Waals surface area contributed by atoms with E-state index >= 15 is 0 Å². The number of carbonyl (C=O) groups is 1. The van der Waals surface area contributed by atoms with Crippen LogP contribution in [0, 0.1) is 13.8 Å². The third-order valence-corrected chi connectivity index (χ3v) is 7.91. The molecule has 3 heterocycles. The fourth-order valence-electron chi connectivity index (χ4n) is 5.94. The highest BCUT2D eigenvalue weighted by Gasteiger charge is 2.47. The minimum atomic E-state index is 0.188. The number of hydrogen-bond donors (Lipinski definition) is 0. The van der Waals surface area contributed by atoms with Crippen LogP contribution in [0.5, 0.6) is 0 Å². The molecule has 0 saturated carbocycles. The lowest BCUT2D eigenvalue weighted by Gasteiger charge is -2.54. The van der Waals surface area contributed by atoms with Crippen molar-refractivity contribution in [1.29, 1.82) is 0 Å². The van der Waals surface area contributed by atoms with E-state index in [4.69, 9.17) is 4.74 Å². The molecule has 2 aromatic carbocycles. The van der Waals surface area contributed by atoms with E-state index in [0.717, 1.165) is 44.9 Å². The highest BCUT2D eigenvalue weighted by Crippen LogP contribution is 2.31. The largest absolute Gasteiger partial charge is 0.378 e. The van der Waals surface area contributed by atoms with Gasteiger partial charge in [-0.05, 0) is 62.0 Å². The standard InChI is InChI=1S/C28H37N3O2/c1-21-10-11-24(16-22(21)2)17-27(32)31-15-14-30(18-23-8-4-3-5-9-23)26-20-33-19-25(28(26)31)29-12-6-7-13-29/h3-5,8-11,16,25-26,28H,6-7,12-15,17-20H2,1-2H3/t25?,26?,28-/m1/s1. The molecule has 3 fully saturated rings. The van der Waals surface area contributed by atoms with Gasteiger partial charge in [0.15, 0.2) is 0 Å². The fraction of sp³-hybridized carbons (Fsp3) is 0.536. The van der Waals surface area contributed by atoms with E-state index in [9.17, 15) is 4.79 Å². The molecule has 33 heavy (non-hydrogen) atoms. The van der Waals surface area contributed by atoms with Crippen LogP contribution in [-0.2, 0) is 22.5 Å². The average Bonchev–Trinajstić information content (AvgIpc) is 3.37. The van der Waals surface area contributed by atoms with Crippen molar-refractivity contribution < 1.29 is 9.53 Å². The summed E-state index contributed by atoms with van der Waals surface area (Å²) in [7, 11) is 0. The Balaban J connectivity index is 1.39. The Hall–Kier alpha value is -2.21. The van der Waals surface area contributed by atoms with Crippen molar-refractivity contribution in [3.63, 3.8) is 0 Å². The molecule has 3 aliphatic rings. The first-order valence-electron chi connectivity index (χ1n) is 12.6. The quantitative estimate of drug-likeness (QED) is 0.704. The van der Waals surface area contributed by atoms with Gasteiger partial charge in [0.25, 0.3) is 0 Å². The van der Waals surface area contributed by atoms with Gasteiger partial charge < -0.3 is 9.64 Å². The zero-order chi connectivity index (χ0) is 22.8. The maximum absolute atomic E-state index is 13.7. The number of fused-ring (bicyclic) bond motifs is 1. The third-order valence-electron chi connectivity index (χ3n) is 7.91. The normalized spacial score (nSPS) is 26.4. The summed E-state index contributed by atoms with van der Waals surface area (Å²) in [6.45, 7) is 10.5. The lowest BCUT2D eigenvalue weighted by atomic mass is 9.90. The Morgan fingerprint density at radius 2 is 1.64 bits per heavy atom. The van der Waals surface area contributed by atoms with Gasteiger partial charge in [-0.1, -0.05) is 48.5 Å². The highest BCUT2D eigenvalue weighted by molar-refractivity contribution is 5.79. The summed E-state index contributed by atoms with van der Waals surface area (Å²) in [6, 6.07) is 17.8. The first-order valence-corrected chi connectivity index (χ1v) is 12.6. The molecule has 0 aromatic heterocycles. The van der Waals surface area contributed by atoms with Crippen LogP contribution in [0.4, 0.5) is 0 Å². The number of benzene rings is 2. The van der Waals surface area contributed by atoms with Crippen molar-refractivity contribution in [3.05, 3.63) is 70.8 Å². The predicted octanol–water partition coefficient (Wildman–Crippen LogP) is 3.42. The molecule has 5 nitrogen and oxygen atoms in total. The van der Waals surface area contributed by atoms with Gasteiger partial charge in [-0.15, -0.1) is 0 Å². The number of hydrogen-bond acceptors (Lipinski definition) is 4. The fourth-order valence-corrected chi connectivity index (χ4v) is 5.94. The number of nitrogens with zero attached hydrogens (tertiary/aromatic N) is 3. The number of aryl methyl sites for hydroxylation is 2. The number of amides is 1. The van der Waals surface area contributed by atoms with Crippen LogP contribution >= 0.6 is 0 Å². The topological polar surface area (TPSA) is 36.0 Å². The molecule has 2 unspecified atom stereocenters. The second-order valence-corrected chi connectivity index (χ2v) is 10.0. The molecule has 176 valence electrons. The van der Waals surface area contributed by atoms with Crippen molar-refractivity contribution in [2.75, 3.05) is 39.4 Å². The molecular formula is C28H37N3O2. The Morgan fingerprint density at radius 1 is 0.879 bits per heavy atom. The zero-order valence-corrected chi connectivity index (χ0v) is 20.1. The van der Waals surface area contributed by atoms with Crippen LogP contribution in [-0.4, -0.2) is 78.1 Å². The molecule has 5 heteroatoms. The summed E-state index contributed by atoms with van der Waals surface area (Å²) in [5.74, 6) is 0.263. The summed E-state index contributed by atoms with van der Waals surface area (Å²) in [6.07, 6.45) is 2.98. The second-order valence-electron chi connectivity index (χ2n) is 10.0. The Labute approximate surface area is 198 Å². The van der Waals surface area contributed by atoms with Gasteiger partial charge in [0.2, 0.25) is 5.91 Å². The smallest absolute Gasteiger partial charge is 0.227 e. The Morgan fingerprint density at radius 3 is 2.39 bits per heavy atom. The SMILES string of the molecule is Cc1ccc(CC(=O)N2CCN(Cc3ccccc3)C3COCC(N4CCCC4)[C@H]32)cc1C. The van der Waals surface area contributed by atoms with Crippen LogP contribution in [0.3, 0.4) is 0 Å². The molecule has 1 amide bonds. The van der Waals surface area contributed by atoms with Gasteiger partial charge in [-0.2, -0.15) is 0 Å². The van der Waals surface area contributed by atoms with E-state index in [-0.39, 0.29) is 24.0 Å². The van der Waals surface area contributed by atoms with Crippen LogP contribution in [0.2, 0.25) is 0 Å². The maximum Gasteiger partial charge on any atom is 0.227 e. The van der Waals surface area contributed by atoms with Gasteiger partial charge >= 0.3 is 0 Å². The molecule has 3 saturated heterocycles. The van der Waals surface area contributed by atoms with E-state index in [2.05, 4.69) is 77.1 Å². The molecule has 0 spiro atoms. The maximum atomic E-state index is 13.7. The molecular weight excluding hydrogens is 410 g/mol. The van der Waals surface area contributed by atoms with Crippen LogP contribution < -0.4 is 0 Å². The van der Waals surface area contributed by atoms with Gasteiger partial charge in [0.1, 0.15) is 0 Å². The molecule has 0 bridgehead atoms. The first kappa shape index (κ1) is 22.6. The highest BCUT2D eigenvalue weighted by atomic mass is 16.5. The average molecular weight is 448 g/mol. The molecule has 5 rings (SSSR count). The van der Waals surface area contributed by atoms with Gasteiger partial charge in [-0.3, -0.25) is 14.6 Å². The van der Waals surface area contributed by atoms with E-state index < -0.39 is 0 Å². The van der Waals surface area contributed by atoms with E-state index in [1.54, 1.807) is 0 Å². The van der Waals surface area contributed by atoms with Crippen molar-refractivity contribution >= 4 is 5.91 Å². The number of ether oxygens (including phenoxy) is 1. The zero-order valence-electron chi connectivity index (χ0n) is 20.1. The van der Waals surface area contributed by atoms with Crippen molar-refractivity contribution in [2.24, 2.45) is 0 Å². The predicted molar refractivity (Wildman–Crippen MR) is 131 cm³/mol. The summed E-state index contributed by atoms with van der Waals surface area (Å²) < 4.78 is 6.19. The minimum Gasteiger partial charge on any atom is -0.378 e. The second kappa shape index (κ2) is 9.96. The van der Waals surface area contributed by atoms with Gasteiger partial charge in [0, 0.05) is 19.6 Å². The first-order chi connectivity index (χ1) is 16.1. The molecule has 0 radical (unpaired) electrons. The number of rotatable bonds is 5. The monoisotopic (exact) mass is 447 g/mol. The lowest BCUT2D eigenvalue weighted by Crippen LogP contribution is -2.71. The van der Waals surface area contributed by atoms with Gasteiger partial charge in [-0.25, -0.2) is 0 Å². The van der Waals surface area contributed by atoms with E-state index in [1.165, 1.54) is 29.5 Å². The minimum absolute atomic E-state index is 0.188. The molecule has 0 aliphatic carbocycles. The molecule has 3 atom stereocenters. The van der Waals surface area contributed by atoms with Crippen molar-refractivity contribution in [1.82, 2.24) is 14.7 Å². The van der Waals surface area contributed by atoms with Crippen molar-refractivity contribution in [3.8, 4) is 0 Å². The number of carbonyl (C=O) groups excluding carboxylic acids is 1. The van der Waals surface area contributed by atoms with Gasteiger partial charge in [0.05, 0.1) is 37.8 Å². The summed E-state index contributed by atoms with van der Waals surface area (Å²) >= 11 is 0. The Bertz CT molecular complexity index is 957. The van der Waals surface area contributed by atoms with Crippen LogP contribution in [0.25, 0.3) is 0 Å².